The molecule has 0 saturated carbocycles. The van der Waals surface area contributed by atoms with Crippen LogP contribution >= 0.6 is 0 Å². The molecule has 3 aromatic rings. The van der Waals surface area contributed by atoms with Gasteiger partial charge in [-0.3, -0.25) is 4.79 Å². The fourth-order valence-electron chi connectivity index (χ4n) is 5.22. The van der Waals surface area contributed by atoms with E-state index in [0.29, 0.717) is 35.7 Å². The molecule has 8 heteroatoms. The summed E-state index contributed by atoms with van der Waals surface area (Å²) in [5, 5.41) is 13.7. The van der Waals surface area contributed by atoms with E-state index in [1.165, 1.54) is 6.07 Å². The minimum absolute atomic E-state index is 0.0899. The monoisotopic (exact) mass is 475 g/mol. The Labute approximate surface area is 203 Å². The number of nitriles is 1. The molecule has 1 aromatic carbocycles. The Kier molecular flexibility index (Phi) is 6.60. The number of aryl methyl sites for hydroxylation is 1. The quantitative estimate of drug-likeness (QED) is 0.516. The zero-order chi connectivity index (χ0) is 24.4. The molecule has 8 nitrogen and oxygen atoms in total. The highest BCUT2D eigenvalue weighted by molar-refractivity contribution is 5.93. The average Bonchev–Trinajstić information content (AvgIpc) is 3.48. The summed E-state index contributed by atoms with van der Waals surface area (Å²) in [5.74, 6) is 0.619. The maximum Gasteiger partial charge on any atom is 0.336 e. The first-order valence-electron chi connectivity index (χ1n) is 12.3. The number of carbonyl (C=O) groups excluding carboxylic acids is 1. The van der Waals surface area contributed by atoms with E-state index < -0.39 is 5.63 Å². The molecule has 1 amide bonds. The third-order valence-corrected chi connectivity index (χ3v) is 6.91. The number of nitrogens with one attached hydrogen (secondary N) is 1. The van der Waals surface area contributed by atoms with E-state index in [2.05, 4.69) is 16.0 Å². The molecule has 5 rings (SSSR count). The third-order valence-electron chi connectivity index (χ3n) is 6.91. The van der Waals surface area contributed by atoms with Crippen LogP contribution in [0.2, 0.25) is 0 Å². The number of hydrogen-bond donors (Lipinski definition) is 1. The summed E-state index contributed by atoms with van der Waals surface area (Å²) in [6.07, 6.45) is 6.66. The fourth-order valence-corrected chi connectivity index (χ4v) is 5.22. The lowest BCUT2D eigenvalue weighted by molar-refractivity contribution is -0.118. The number of amides is 1. The van der Waals surface area contributed by atoms with Crippen molar-refractivity contribution in [3.63, 3.8) is 0 Å². The second-order valence-electron chi connectivity index (χ2n) is 9.15. The zero-order valence-electron chi connectivity index (χ0n) is 19.9. The van der Waals surface area contributed by atoms with Gasteiger partial charge in [-0.05, 0) is 68.2 Å². The van der Waals surface area contributed by atoms with Crippen LogP contribution < -0.4 is 15.7 Å². The van der Waals surface area contributed by atoms with Crippen molar-refractivity contribution in [3.05, 3.63) is 57.1 Å². The number of nitrogens with zero attached hydrogens (tertiary/aromatic N) is 2. The van der Waals surface area contributed by atoms with Crippen LogP contribution in [0.5, 0.6) is 5.75 Å². The van der Waals surface area contributed by atoms with Crippen LogP contribution in [0.25, 0.3) is 11.0 Å². The molecule has 1 aliphatic carbocycles. The van der Waals surface area contributed by atoms with Gasteiger partial charge in [0.15, 0.2) is 6.61 Å². The second-order valence-corrected chi connectivity index (χ2v) is 9.15. The number of hydrogen-bond acceptors (Lipinski definition) is 6. The van der Waals surface area contributed by atoms with Crippen molar-refractivity contribution in [2.45, 2.75) is 64.5 Å². The molecular formula is C27H29N3O5. The topological polar surface area (TPSA) is 106 Å². The van der Waals surface area contributed by atoms with E-state index in [-0.39, 0.29) is 18.6 Å². The Morgan fingerprint density at radius 1 is 1.26 bits per heavy atom. The molecule has 0 bridgehead atoms. The molecule has 2 aliphatic rings. The highest BCUT2D eigenvalue weighted by atomic mass is 16.5. The summed E-state index contributed by atoms with van der Waals surface area (Å²) in [7, 11) is 0. The Balaban J connectivity index is 1.35. The van der Waals surface area contributed by atoms with E-state index in [1.54, 1.807) is 12.1 Å². The Morgan fingerprint density at radius 3 is 2.89 bits per heavy atom. The van der Waals surface area contributed by atoms with Crippen molar-refractivity contribution < 1.29 is 18.7 Å². The summed E-state index contributed by atoms with van der Waals surface area (Å²) in [6.45, 7) is 3.12. The van der Waals surface area contributed by atoms with E-state index in [0.717, 1.165) is 67.3 Å². The van der Waals surface area contributed by atoms with Gasteiger partial charge >= 0.3 is 5.63 Å². The second kappa shape index (κ2) is 9.96. The van der Waals surface area contributed by atoms with Crippen LogP contribution in [0.3, 0.4) is 0 Å². The molecule has 1 fully saturated rings. The SMILES string of the molecule is CCc1cc(=O)oc2cc(OCC(=O)Nc3c(C#N)c4c(n3CC3CCCO3)CCCC4)ccc12. The van der Waals surface area contributed by atoms with Crippen molar-refractivity contribution in [2.75, 3.05) is 18.5 Å². The maximum absolute atomic E-state index is 12.9. The van der Waals surface area contributed by atoms with Crippen molar-refractivity contribution in [1.29, 1.82) is 5.26 Å². The number of anilines is 1. The lowest BCUT2D eigenvalue weighted by atomic mass is 9.95. The summed E-state index contributed by atoms with van der Waals surface area (Å²) in [4.78, 5) is 24.7. The third kappa shape index (κ3) is 4.69. The van der Waals surface area contributed by atoms with Crippen LogP contribution in [0.4, 0.5) is 5.82 Å². The molecular weight excluding hydrogens is 446 g/mol. The first-order chi connectivity index (χ1) is 17.1. The molecule has 3 heterocycles. The van der Waals surface area contributed by atoms with Gasteiger partial charge in [-0.15, -0.1) is 0 Å². The molecule has 1 N–H and O–H groups in total. The van der Waals surface area contributed by atoms with Gasteiger partial charge in [-0.1, -0.05) is 6.92 Å². The van der Waals surface area contributed by atoms with Crippen molar-refractivity contribution in [2.24, 2.45) is 0 Å². The number of fused-ring (bicyclic) bond motifs is 2. The molecule has 0 radical (unpaired) electrons. The first kappa shape index (κ1) is 23.2. The van der Waals surface area contributed by atoms with Gasteiger partial charge in [0.05, 0.1) is 18.2 Å². The molecule has 182 valence electrons. The van der Waals surface area contributed by atoms with E-state index in [4.69, 9.17) is 13.9 Å². The minimum Gasteiger partial charge on any atom is -0.484 e. The van der Waals surface area contributed by atoms with Gasteiger partial charge in [0.25, 0.3) is 5.91 Å². The van der Waals surface area contributed by atoms with Gasteiger partial charge in [-0.2, -0.15) is 5.26 Å². The van der Waals surface area contributed by atoms with E-state index >= 15 is 0 Å². The van der Waals surface area contributed by atoms with Crippen LogP contribution in [0, 0.1) is 11.3 Å². The standard InChI is InChI=1S/C27H29N3O5/c1-2-17-12-26(32)35-24-13-18(9-10-20(17)24)34-16-25(31)29-27-22(14-28)21-7-3-4-8-23(21)30(27)15-19-6-5-11-33-19/h9-10,12-13,19H,2-8,11,15-16H2,1H3,(H,29,31). The van der Waals surface area contributed by atoms with Crippen LogP contribution in [0.1, 0.15) is 55.0 Å². The number of benzene rings is 1. The smallest absolute Gasteiger partial charge is 0.336 e. The lowest BCUT2D eigenvalue weighted by Gasteiger charge is -2.20. The normalized spacial score (nSPS) is 17.2. The highest BCUT2D eigenvalue weighted by Crippen LogP contribution is 2.34. The summed E-state index contributed by atoms with van der Waals surface area (Å²) in [6, 6.07) is 9.04. The van der Waals surface area contributed by atoms with Crippen LogP contribution in [0.15, 0.2) is 33.5 Å². The molecule has 2 aromatic heterocycles. The summed E-state index contributed by atoms with van der Waals surface area (Å²) >= 11 is 0. The Bertz CT molecular complexity index is 1360. The predicted octanol–water partition coefficient (Wildman–Crippen LogP) is 4.10. The van der Waals surface area contributed by atoms with E-state index in [1.807, 2.05) is 13.0 Å². The van der Waals surface area contributed by atoms with Crippen LogP contribution in [-0.2, 0) is 35.3 Å². The van der Waals surface area contributed by atoms with Crippen molar-refractivity contribution in [3.8, 4) is 11.8 Å². The van der Waals surface area contributed by atoms with Gasteiger partial charge in [0.1, 0.15) is 23.2 Å². The Morgan fingerprint density at radius 2 is 2.11 bits per heavy atom. The summed E-state index contributed by atoms with van der Waals surface area (Å²) < 4.78 is 19.0. The van der Waals surface area contributed by atoms with Gasteiger partial charge in [0, 0.05) is 29.8 Å². The number of rotatable bonds is 7. The average molecular weight is 476 g/mol. The fraction of sp³-hybridized carbons (Fsp3) is 0.444. The Hall–Kier alpha value is -3.57. The van der Waals surface area contributed by atoms with E-state index in [9.17, 15) is 14.9 Å². The number of carbonyl (C=O) groups is 1. The minimum atomic E-state index is -0.413. The molecule has 1 aliphatic heterocycles. The lowest BCUT2D eigenvalue weighted by Crippen LogP contribution is -2.25. The zero-order valence-corrected chi connectivity index (χ0v) is 19.9. The highest BCUT2D eigenvalue weighted by Gasteiger charge is 2.28. The number of ether oxygens (including phenoxy) is 2. The molecule has 0 spiro atoms. The molecule has 1 unspecified atom stereocenters. The molecule has 1 saturated heterocycles. The molecule has 1 atom stereocenters. The number of aromatic nitrogens is 1. The van der Waals surface area contributed by atoms with Gasteiger partial charge < -0.3 is 23.8 Å². The van der Waals surface area contributed by atoms with Gasteiger partial charge in [0.2, 0.25) is 0 Å². The van der Waals surface area contributed by atoms with Crippen molar-refractivity contribution in [1.82, 2.24) is 4.57 Å². The van der Waals surface area contributed by atoms with Gasteiger partial charge in [-0.25, -0.2) is 4.79 Å². The first-order valence-corrected chi connectivity index (χ1v) is 12.3. The predicted molar refractivity (Wildman–Crippen MR) is 131 cm³/mol. The maximum atomic E-state index is 12.9. The summed E-state index contributed by atoms with van der Waals surface area (Å²) in [5.41, 5.74) is 3.65. The van der Waals surface area contributed by atoms with Crippen molar-refractivity contribution >= 4 is 22.7 Å². The molecule has 35 heavy (non-hydrogen) atoms. The van der Waals surface area contributed by atoms with Crippen LogP contribution in [-0.4, -0.2) is 29.8 Å². The largest absolute Gasteiger partial charge is 0.484 e.